The van der Waals surface area contributed by atoms with Gasteiger partial charge in [0.05, 0.1) is 21.7 Å². The average molecular weight is 436 g/mol. The summed E-state index contributed by atoms with van der Waals surface area (Å²) in [5.41, 5.74) is -1.00. The molecule has 0 aromatic carbocycles. The number of ketones is 4. The van der Waals surface area contributed by atoms with Crippen molar-refractivity contribution in [3.63, 3.8) is 0 Å². The van der Waals surface area contributed by atoms with Gasteiger partial charge in [-0.3, -0.25) is 19.2 Å². The molecule has 0 amide bonds. The Kier molecular flexibility index (Phi) is 12.2. The second-order valence-corrected chi connectivity index (χ2v) is 11.1. The minimum Gasteiger partial charge on any atom is -0.282 e. The molecule has 163 valence electrons. The van der Waals surface area contributed by atoms with Gasteiger partial charge in [0.15, 0.2) is 12.8 Å². The molecule has 4 N–H and O–H groups in total. The van der Waals surface area contributed by atoms with Crippen molar-refractivity contribution in [1.82, 2.24) is 0 Å². The summed E-state index contributed by atoms with van der Waals surface area (Å²) in [5.74, 6) is 1.33. The first-order valence-corrected chi connectivity index (χ1v) is 9.31. The van der Waals surface area contributed by atoms with E-state index in [0.717, 1.165) is 0 Å². The first kappa shape index (κ1) is 30.9. The molecule has 0 rings (SSSR count). The third-order valence-corrected chi connectivity index (χ3v) is 4.13. The molecule has 4 nitrogen and oxygen atoms in total. The number of hydrogen-bond donors (Lipinski definition) is 0. The largest absolute Gasteiger partial charge is 0.311 e. The van der Waals surface area contributed by atoms with Crippen molar-refractivity contribution in [1.29, 1.82) is 0 Å². The van der Waals surface area contributed by atoms with Gasteiger partial charge in [-0.2, -0.15) is 0 Å². The van der Waals surface area contributed by atoms with Gasteiger partial charge < -0.3 is 0 Å². The SMILES string of the molecule is CC(C)(C)C(=[OH+])CC(=[OH+])C(C)(C)C.CC(C)(C)C(=[OH+])CC(=[OH+])C(C)(C)C.[Cu]. The van der Waals surface area contributed by atoms with Crippen LogP contribution in [0.2, 0.25) is 0 Å². The van der Waals surface area contributed by atoms with Crippen molar-refractivity contribution < 1.29 is 36.2 Å². The van der Waals surface area contributed by atoms with Crippen molar-refractivity contribution in [2.45, 2.75) is 95.9 Å². The molecule has 0 bridgehead atoms. The van der Waals surface area contributed by atoms with Gasteiger partial charge in [-0.1, -0.05) is 0 Å². The van der Waals surface area contributed by atoms with E-state index in [1.165, 1.54) is 0 Å². The molecule has 0 saturated carbocycles. The summed E-state index contributed by atoms with van der Waals surface area (Å²) < 4.78 is 0. The molecule has 0 fully saturated rings. The predicted octanol–water partition coefficient (Wildman–Crippen LogP) is 5.11. The van der Waals surface area contributed by atoms with Crippen molar-refractivity contribution in [2.75, 3.05) is 0 Å². The van der Waals surface area contributed by atoms with Crippen LogP contribution in [0, 0.1) is 21.7 Å². The monoisotopic (exact) mass is 435 g/mol. The first-order chi connectivity index (χ1) is 11.1. The summed E-state index contributed by atoms with van der Waals surface area (Å²) in [6, 6.07) is 0. The summed E-state index contributed by atoms with van der Waals surface area (Å²) in [4.78, 5) is 38.6. The van der Waals surface area contributed by atoms with E-state index in [-0.39, 0.29) is 51.6 Å². The Bertz CT molecular complexity index is 435. The molecule has 0 aliphatic heterocycles. The Morgan fingerprint density at radius 1 is 0.407 bits per heavy atom. The quantitative estimate of drug-likeness (QED) is 0.333. The van der Waals surface area contributed by atoms with Gasteiger partial charge in [-0.15, -0.1) is 0 Å². The van der Waals surface area contributed by atoms with Gasteiger partial charge in [0.25, 0.3) is 0 Å². The molecule has 1 radical (unpaired) electrons. The number of carbonyl (C=O) groups excluding carboxylic acids is 4. The van der Waals surface area contributed by atoms with Crippen LogP contribution in [0.4, 0.5) is 0 Å². The smallest absolute Gasteiger partial charge is 0.282 e. The van der Waals surface area contributed by atoms with Crippen LogP contribution >= 0.6 is 0 Å². The molecule has 0 aliphatic rings. The zero-order valence-corrected chi connectivity index (χ0v) is 20.4. The van der Waals surface area contributed by atoms with Crippen LogP contribution in [0.3, 0.4) is 0 Å². The summed E-state index contributed by atoms with van der Waals surface area (Å²) in [5, 5.41) is 0. The first-order valence-electron chi connectivity index (χ1n) is 9.31. The third-order valence-electron chi connectivity index (χ3n) is 4.13. The van der Waals surface area contributed by atoms with Gasteiger partial charge >= 0.3 is 23.1 Å². The van der Waals surface area contributed by atoms with E-state index in [9.17, 15) is 19.2 Å². The Labute approximate surface area is 177 Å². The van der Waals surface area contributed by atoms with Gasteiger partial charge in [0.2, 0.25) is 0 Å². The topological polar surface area (TPSA) is 85.6 Å². The molecule has 0 unspecified atom stereocenters. The predicted molar refractivity (Wildman–Crippen MR) is 115 cm³/mol. The van der Waals surface area contributed by atoms with E-state index in [0.29, 0.717) is 23.1 Å². The van der Waals surface area contributed by atoms with Gasteiger partial charge in [-0.05, 0) is 83.1 Å². The van der Waals surface area contributed by atoms with Crippen molar-refractivity contribution in [2.24, 2.45) is 21.7 Å². The van der Waals surface area contributed by atoms with Gasteiger partial charge in [-0.25, -0.2) is 0 Å². The van der Waals surface area contributed by atoms with E-state index in [2.05, 4.69) is 0 Å². The fraction of sp³-hybridized carbons (Fsp3) is 0.818. The second kappa shape index (κ2) is 10.7. The maximum Gasteiger partial charge on any atom is 0.311 e. The molecule has 0 spiro atoms. The second-order valence-electron chi connectivity index (χ2n) is 11.1. The summed E-state index contributed by atoms with van der Waals surface area (Å²) >= 11 is 0. The molecule has 0 saturated heterocycles. The molecular weight excluding hydrogens is 392 g/mol. The maximum absolute atomic E-state index is 9.66. The fourth-order valence-electron chi connectivity index (χ4n) is 1.38. The van der Waals surface area contributed by atoms with Crippen LogP contribution in [-0.2, 0) is 17.1 Å². The zero-order valence-electron chi connectivity index (χ0n) is 19.5. The van der Waals surface area contributed by atoms with Crippen molar-refractivity contribution in [3.8, 4) is 0 Å². The summed E-state index contributed by atoms with van der Waals surface area (Å²) in [7, 11) is 0. The molecule has 0 aromatic heterocycles. The van der Waals surface area contributed by atoms with E-state index < -0.39 is 0 Å². The zero-order chi connectivity index (χ0) is 21.7. The minimum atomic E-state index is -0.251. The molecule has 0 aromatic rings. The maximum atomic E-state index is 9.66. The number of rotatable bonds is 4. The summed E-state index contributed by atoms with van der Waals surface area (Å²) in [6.07, 6.45) is 0.569. The minimum absolute atomic E-state index is 0. The van der Waals surface area contributed by atoms with Crippen LogP contribution in [0.25, 0.3) is 0 Å². The van der Waals surface area contributed by atoms with Crippen LogP contribution < -0.4 is 0 Å². The van der Waals surface area contributed by atoms with E-state index >= 15 is 0 Å². The molecule has 5 heteroatoms. The van der Waals surface area contributed by atoms with Crippen LogP contribution in [0.5, 0.6) is 0 Å². The third kappa shape index (κ3) is 13.9. The van der Waals surface area contributed by atoms with E-state index in [1.54, 1.807) is 0 Å². The van der Waals surface area contributed by atoms with Crippen LogP contribution in [0.15, 0.2) is 0 Å². The number of hydrogen-bond acceptors (Lipinski definition) is 0. The normalized spacial score (nSPS) is 12.3. The van der Waals surface area contributed by atoms with Crippen LogP contribution in [0.1, 0.15) is 95.9 Å². The van der Waals surface area contributed by atoms with Crippen molar-refractivity contribution >= 4 is 23.1 Å². The Balaban J connectivity index is -0.000000411. The fourth-order valence-corrected chi connectivity index (χ4v) is 1.38. The molecule has 0 heterocycles. The molecular formula is C22H44CuO4+4. The van der Waals surface area contributed by atoms with E-state index in [4.69, 9.17) is 0 Å². The van der Waals surface area contributed by atoms with Gasteiger partial charge in [0.1, 0.15) is 0 Å². The van der Waals surface area contributed by atoms with Crippen molar-refractivity contribution in [3.05, 3.63) is 0 Å². The Morgan fingerprint density at radius 3 is 0.593 bits per heavy atom. The standard InChI is InChI=1S/2C11H20O2.Cu/c2*1-10(2,3)8(12)7-9(13)11(4,5)6;/h2*7H2,1-6H3;/p+4. The Morgan fingerprint density at radius 2 is 0.519 bits per heavy atom. The molecule has 0 atom stereocenters. The molecule has 27 heavy (non-hydrogen) atoms. The Hall–Kier alpha value is -0.801. The van der Waals surface area contributed by atoms with Crippen LogP contribution in [-0.4, -0.2) is 42.3 Å². The van der Waals surface area contributed by atoms with Gasteiger partial charge in [0, 0.05) is 17.1 Å². The molecule has 0 aliphatic carbocycles. The van der Waals surface area contributed by atoms with E-state index in [1.807, 2.05) is 83.1 Å². The average Bonchev–Trinajstić information content (AvgIpc) is 2.34. The summed E-state index contributed by atoms with van der Waals surface area (Å²) in [6.45, 7) is 23.1.